The number of aromatic amines is 1. The van der Waals surface area contributed by atoms with Gasteiger partial charge in [-0.1, -0.05) is 20.8 Å². The number of aryl methyl sites for hydroxylation is 1. The minimum atomic E-state index is -0.247. The SMILES string of the molecule is CC(C)(C)c1cnc(CCC(=O)N2CC(c3cc(=O)[nH]o3)C2)o1. The lowest BCUT2D eigenvalue weighted by molar-refractivity contribution is -0.135. The number of amides is 1. The lowest BCUT2D eigenvalue weighted by Crippen LogP contribution is -2.48. The zero-order valence-corrected chi connectivity index (χ0v) is 13.6. The fourth-order valence-electron chi connectivity index (χ4n) is 2.51. The van der Waals surface area contributed by atoms with Crippen molar-refractivity contribution in [3.05, 3.63) is 40.0 Å². The lowest BCUT2D eigenvalue weighted by Gasteiger charge is -2.37. The number of hydrogen-bond acceptors (Lipinski definition) is 5. The predicted molar refractivity (Wildman–Crippen MR) is 82.2 cm³/mol. The van der Waals surface area contributed by atoms with Gasteiger partial charge >= 0.3 is 0 Å². The van der Waals surface area contributed by atoms with E-state index in [4.69, 9.17) is 8.94 Å². The van der Waals surface area contributed by atoms with Crippen LogP contribution in [-0.4, -0.2) is 34.0 Å². The van der Waals surface area contributed by atoms with Crippen LogP contribution in [0.1, 0.15) is 50.5 Å². The Morgan fingerprint density at radius 2 is 2.17 bits per heavy atom. The Morgan fingerprint density at radius 1 is 1.43 bits per heavy atom. The van der Waals surface area contributed by atoms with E-state index >= 15 is 0 Å². The van der Waals surface area contributed by atoms with Crippen molar-refractivity contribution >= 4 is 5.91 Å². The molecule has 0 radical (unpaired) electrons. The van der Waals surface area contributed by atoms with Crippen molar-refractivity contribution in [1.82, 2.24) is 15.0 Å². The molecule has 2 aromatic heterocycles. The zero-order valence-electron chi connectivity index (χ0n) is 13.6. The molecule has 1 amide bonds. The van der Waals surface area contributed by atoms with Crippen LogP contribution >= 0.6 is 0 Å². The first-order chi connectivity index (χ1) is 10.8. The van der Waals surface area contributed by atoms with E-state index in [0.29, 0.717) is 37.6 Å². The Bertz CT molecular complexity index is 744. The molecule has 23 heavy (non-hydrogen) atoms. The summed E-state index contributed by atoms with van der Waals surface area (Å²) in [4.78, 5) is 29.2. The molecular weight excluding hydrogens is 298 g/mol. The molecule has 124 valence electrons. The van der Waals surface area contributed by atoms with Crippen molar-refractivity contribution in [2.24, 2.45) is 0 Å². The molecule has 1 saturated heterocycles. The van der Waals surface area contributed by atoms with Crippen LogP contribution in [0.15, 0.2) is 26.0 Å². The van der Waals surface area contributed by atoms with Gasteiger partial charge in [0.1, 0.15) is 11.5 Å². The van der Waals surface area contributed by atoms with Gasteiger partial charge in [-0.05, 0) is 0 Å². The minimum absolute atomic E-state index is 0.0645. The molecule has 0 aliphatic carbocycles. The van der Waals surface area contributed by atoms with Gasteiger partial charge in [-0.15, -0.1) is 0 Å². The van der Waals surface area contributed by atoms with E-state index in [1.807, 2.05) is 0 Å². The first-order valence-corrected chi connectivity index (χ1v) is 7.74. The topological polar surface area (TPSA) is 92.3 Å². The van der Waals surface area contributed by atoms with Crippen LogP contribution in [-0.2, 0) is 16.6 Å². The maximum Gasteiger partial charge on any atom is 0.280 e. The Morgan fingerprint density at radius 3 is 2.74 bits per heavy atom. The fraction of sp³-hybridized carbons (Fsp3) is 0.562. The van der Waals surface area contributed by atoms with Crippen LogP contribution in [0.4, 0.5) is 0 Å². The van der Waals surface area contributed by atoms with E-state index in [0.717, 1.165) is 5.76 Å². The van der Waals surface area contributed by atoms with Crippen molar-refractivity contribution in [2.75, 3.05) is 13.1 Å². The quantitative estimate of drug-likeness (QED) is 0.928. The van der Waals surface area contributed by atoms with Gasteiger partial charge in [0.05, 0.1) is 12.1 Å². The number of oxazole rings is 1. The number of nitrogens with one attached hydrogen (secondary N) is 1. The monoisotopic (exact) mass is 319 g/mol. The van der Waals surface area contributed by atoms with Crippen molar-refractivity contribution < 1.29 is 13.7 Å². The Labute approximate surface area is 133 Å². The van der Waals surface area contributed by atoms with E-state index < -0.39 is 0 Å². The van der Waals surface area contributed by atoms with Crippen molar-refractivity contribution in [3.8, 4) is 0 Å². The Hall–Kier alpha value is -2.31. The minimum Gasteiger partial charge on any atom is -0.445 e. The number of hydrogen-bond donors (Lipinski definition) is 1. The molecule has 1 aliphatic heterocycles. The van der Waals surface area contributed by atoms with Crippen LogP contribution in [0.2, 0.25) is 0 Å². The number of H-pyrrole nitrogens is 1. The highest BCUT2D eigenvalue weighted by molar-refractivity contribution is 5.77. The molecule has 2 aromatic rings. The second-order valence-corrected chi connectivity index (χ2v) is 6.98. The highest BCUT2D eigenvalue weighted by Crippen LogP contribution is 2.27. The van der Waals surface area contributed by atoms with Gasteiger partial charge in [0.2, 0.25) is 5.91 Å². The smallest absolute Gasteiger partial charge is 0.280 e. The molecule has 7 heteroatoms. The largest absolute Gasteiger partial charge is 0.445 e. The predicted octanol–water partition coefficient (Wildman–Crippen LogP) is 1.81. The number of nitrogens with zero attached hydrogens (tertiary/aromatic N) is 2. The van der Waals surface area contributed by atoms with Crippen LogP contribution < -0.4 is 5.56 Å². The van der Waals surface area contributed by atoms with Gasteiger partial charge in [-0.2, -0.15) is 5.16 Å². The summed E-state index contributed by atoms with van der Waals surface area (Å²) in [5, 5.41) is 2.27. The summed E-state index contributed by atoms with van der Waals surface area (Å²) < 4.78 is 10.7. The average molecular weight is 319 g/mol. The number of rotatable bonds is 4. The van der Waals surface area contributed by atoms with Gasteiger partial charge in [-0.25, -0.2) is 4.98 Å². The fourth-order valence-corrected chi connectivity index (χ4v) is 2.51. The van der Waals surface area contributed by atoms with Gasteiger partial charge in [0.25, 0.3) is 5.56 Å². The van der Waals surface area contributed by atoms with Gasteiger partial charge < -0.3 is 13.8 Å². The molecule has 1 fully saturated rings. The van der Waals surface area contributed by atoms with Crippen molar-refractivity contribution in [2.45, 2.75) is 44.9 Å². The van der Waals surface area contributed by atoms with E-state index in [-0.39, 0.29) is 22.8 Å². The molecule has 3 heterocycles. The Balaban J connectivity index is 1.47. The van der Waals surface area contributed by atoms with Crippen LogP contribution in [0.5, 0.6) is 0 Å². The molecule has 7 nitrogen and oxygen atoms in total. The van der Waals surface area contributed by atoms with E-state index in [1.165, 1.54) is 6.07 Å². The normalized spacial score (nSPS) is 15.7. The van der Waals surface area contributed by atoms with Crippen LogP contribution in [0.3, 0.4) is 0 Å². The molecule has 3 rings (SSSR count). The second-order valence-electron chi connectivity index (χ2n) is 6.98. The third-order valence-electron chi connectivity index (χ3n) is 4.02. The maximum absolute atomic E-state index is 12.1. The first-order valence-electron chi connectivity index (χ1n) is 7.74. The molecule has 1 N–H and O–H groups in total. The highest BCUT2D eigenvalue weighted by atomic mass is 16.5. The number of carbonyl (C=O) groups excluding carboxylic acids is 1. The highest BCUT2D eigenvalue weighted by Gasteiger charge is 2.34. The third kappa shape index (κ3) is 3.38. The summed E-state index contributed by atoms with van der Waals surface area (Å²) >= 11 is 0. The van der Waals surface area contributed by atoms with Crippen LogP contribution in [0.25, 0.3) is 0 Å². The van der Waals surface area contributed by atoms with Crippen molar-refractivity contribution in [3.63, 3.8) is 0 Å². The summed E-state index contributed by atoms with van der Waals surface area (Å²) in [6.07, 6.45) is 2.59. The third-order valence-corrected chi connectivity index (χ3v) is 4.02. The zero-order chi connectivity index (χ0) is 16.6. The molecule has 0 spiro atoms. The molecule has 0 saturated carbocycles. The summed E-state index contributed by atoms with van der Waals surface area (Å²) in [6.45, 7) is 7.34. The number of carbonyl (C=O) groups is 1. The summed E-state index contributed by atoms with van der Waals surface area (Å²) in [5.41, 5.74) is -0.330. The molecule has 0 aromatic carbocycles. The van der Waals surface area contributed by atoms with Crippen LogP contribution in [0, 0.1) is 0 Å². The first kappa shape index (κ1) is 15.6. The molecule has 0 bridgehead atoms. The second kappa shape index (κ2) is 5.72. The summed E-state index contributed by atoms with van der Waals surface area (Å²) in [6, 6.07) is 1.44. The van der Waals surface area contributed by atoms with Gasteiger partial charge in [-0.3, -0.25) is 9.59 Å². The molecule has 1 aliphatic rings. The van der Waals surface area contributed by atoms with E-state index in [1.54, 1.807) is 11.1 Å². The van der Waals surface area contributed by atoms with Gasteiger partial charge in [0, 0.05) is 37.4 Å². The molecule has 0 unspecified atom stereocenters. The standard InChI is InChI=1S/C16H21N3O4/c1-16(2,3)12-7-17-14(22-12)4-5-15(21)19-8-10(9-19)11-6-13(20)18-23-11/h6-7,10H,4-5,8-9H2,1-3H3,(H,18,20). The average Bonchev–Trinajstić information content (AvgIpc) is 3.03. The van der Waals surface area contributed by atoms with Crippen molar-refractivity contribution in [1.29, 1.82) is 0 Å². The molecular formula is C16H21N3O4. The Kier molecular flexibility index (Phi) is 3.87. The maximum atomic E-state index is 12.1. The van der Waals surface area contributed by atoms with E-state index in [2.05, 4.69) is 30.9 Å². The molecule has 0 atom stereocenters. The number of likely N-dealkylation sites (tertiary alicyclic amines) is 1. The summed E-state index contributed by atoms with van der Waals surface area (Å²) in [5.74, 6) is 2.20. The number of aromatic nitrogens is 2. The van der Waals surface area contributed by atoms with Gasteiger partial charge in [0.15, 0.2) is 5.89 Å². The van der Waals surface area contributed by atoms with E-state index in [9.17, 15) is 9.59 Å². The lowest BCUT2D eigenvalue weighted by atomic mass is 9.94. The summed E-state index contributed by atoms with van der Waals surface area (Å²) in [7, 11) is 0.